The van der Waals surface area contributed by atoms with E-state index < -0.39 is 17.2 Å². The molecule has 1 aromatic rings. The molecule has 1 aliphatic carbocycles. The quantitative estimate of drug-likeness (QED) is 0.177. The standard InChI is InChI=1S/C27H40O3/c1-2-3-4-5-6-7-8-9-10-11-12-13-14-15-16-19-22-27(30)25(28)23-20-17-18-21-24(23)26(27)29/h16-21,30H,2-15,22H2,1H3/b19-16+. The molecule has 0 radical (unpaired) electrons. The minimum atomic E-state index is -1.91. The van der Waals surface area contributed by atoms with Gasteiger partial charge < -0.3 is 5.11 Å². The van der Waals surface area contributed by atoms with Gasteiger partial charge in [-0.25, -0.2) is 0 Å². The van der Waals surface area contributed by atoms with Gasteiger partial charge in [0.15, 0.2) is 5.60 Å². The lowest BCUT2D eigenvalue weighted by Crippen LogP contribution is -2.40. The lowest BCUT2D eigenvalue weighted by molar-refractivity contribution is 0.0343. The average molecular weight is 413 g/mol. The molecule has 3 heteroatoms. The van der Waals surface area contributed by atoms with Gasteiger partial charge >= 0.3 is 0 Å². The van der Waals surface area contributed by atoms with Crippen LogP contribution in [0.1, 0.15) is 124 Å². The second-order valence-corrected chi connectivity index (χ2v) is 8.77. The summed E-state index contributed by atoms with van der Waals surface area (Å²) >= 11 is 0. The van der Waals surface area contributed by atoms with Gasteiger partial charge in [-0.3, -0.25) is 9.59 Å². The highest BCUT2D eigenvalue weighted by molar-refractivity contribution is 6.31. The number of benzene rings is 1. The number of hydrogen-bond acceptors (Lipinski definition) is 3. The monoisotopic (exact) mass is 412 g/mol. The van der Waals surface area contributed by atoms with Gasteiger partial charge in [0.05, 0.1) is 0 Å². The summed E-state index contributed by atoms with van der Waals surface area (Å²) in [6.45, 7) is 2.26. The third-order valence-electron chi connectivity index (χ3n) is 6.22. The molecule has 0 atom stereocenters. The number of hydrogen-bond donors (Lipinski definition) is 1. The van der Waals surface area contributed by atoms with E-state index in [9.17, 15) is 14.7 Å². The number of unbranched alkanes of at least 4 members (excludes halogenated alkanes) is 13. The number of Topliss-reactive ketones (excluding diaryl/α,β-unsaturated/α-hetero) is 2. The zero-order chi connectivity index (χ0) is 21.7. The number of aliphatic hydroxyl groups is 1. The maximum absolute atomic E-state index is 12.4. The Morgan fingerprint density at radius 2 is 1.13 bits per heavy atom. The van der Waals surface area contributed by atoms with Crippen molar-refractivity contribution in [1.82, 2.24) is 0 Å². The van der Waals surface area contributed by atoms with E-state index in [1.165, 1.54) is 77.0 Å². The summed E-state index contributed by atoms with van der Waals surface area (Å²) in [5.41, 5.74) is -1.22. The Morgan fingerprint density at radius 1 is 0.700 bits per heavy atom. The fourth-order valence-corrected chi connectivity index (χ4v) is 4.26. The van der Waals surface area contributed by atoms with Crippen LogP contribution in [0.2, 0.25) is 0 Å². The molecule has 0 saturated carbocycles. The van der Waals surface area contributed by atoms with Crippen molar-refractivity contribution < 1.29 is 14.7 Å². The Hall–Kier alpha value is -1.74. The molecule has 0 unspecified atom stereocenters. The van der Waals surface area contributed by atoms with Crippen LogP contribution >= 0.6 is 0 Å². The molecule has 166 valence electrons. The summed E-state index contributed by atoms with van der Waals surface area (Å²) < 4.78 is 0. The van der Waals surface area contributed by atoms with E-state index in [0.29, 0.717) is 11.1 Å². The van der Waals surface area contributed by atoms with E-state index in [1.54, 1.807) is 30.3 Å². The summed E-state index contributed by atoms with van der Waals surface area (Å²) in [5, 5.41) is 10.6. The maximum atomic E-state index is 12.4. The van der Waals surface area contributed by atoms with Crippen LogP contribution in [0.25, 0.3) is 0 Å². The van der Waals surface area contributed by atoms with Crippen molar-refractivity contribution in [1.29, 1.82) is 0 Å². The predicted octanol–water partition coefficient (Wildman–Crippen LogP) is 7.22. The summed E-state index contributed by atoms with van der Waals surface area (Å²) in [6, 6.07) is 6.68. The van der Waals surface area contributed by atoms with Crippen molar-refractivity contribution in [2.75, 3.05) is 0 Å². The highest BCUT2D eigenvalue weighted by Gasteiger charge is 2.50. The zero-order valence-electron chi connectivity index (χ0n) is 18.8. The summed E-state index contributed by atoms with van der Waals surface area (Å²) in [4.78, 5) is 24.8. The van der Waals surface area contributed by atoms with Crippen LogP contribution in [0, 0.1) is 0 Å². The lowest BCUT2D eigenvalue weighted by atomic mass is 9.93. The van der Waals surface area contributed by atoms with Crippen LogP contribution < -0.4 is 0 Å². The molecule has 3 nitrogen and oxygen atoms in total. The summed E-state index contributed by atoms with van der Waals surface area (Å²) in [5.74, 6) is -0.928. The molecule has 0 spiro atoms. The average Bonchev–Trinajstić information content (AvgIpc) is 2.95. The van der Waals surface area contributed by atoms with Gasteiger partial charge in [-0.1, -0.05) is 120 Å². The minimum absolute atomic E-state index is 0.0673. The van der Waals surface area contributed by atoms with Gasteiger partial charge in [0.2, 0.25) is 11.6 Å². The largest absolute Gasteiger partial charge is 0.374 e. The molecule has 0 saturated heterocycles. The molecule has 0 amide bonds. The highest BCUT2D eigenvalue weighted by atomic mass is 16.3. The minimum Gasteiger partial charge on any atom is -0.374 e. The Kier molecular flexibility index (Phi) is 11.1. The maximum Gasteiger partial charge on any atom is 0.203 e. The summed E-state index contributed by atoms with van der Waals surface area (Å²) in [7, 11) is 0. The topological polar surface area (TPSA) is 54.4 Å². The van der Waals surface area contributed by atoms with Crippen LogP contribution in [-0.4, -0.2) is 22.3 Å². The van der Waals surface area contributed by atoms with Gasteiger partial charge in [0, 0.05) is 17.5 Å². The SMILES string of the molecule is CCCCCCCCCCCCCCC/C=C/CC1(O)C(=O)c2ccccc2C1=O. The molecule has 2 rings (SSSR count). The first-order chi connectivity index (χ1) is 14.6. The van der Waals surface area contributed by atoms with Gasteiger partial charge in [0.1, 0.15) is 0 Å². The number of ketones is 2. The second-order valence-electron chi connectivity index (χ2n) is 8.77. The Labute approximate surface area is 183 Å². The van der Waals surface area contributed by atoms with Crippen molar-refractivity contribution in [2.24, 2.45) is 0 Å². The number of carbonyl (C=O) groups is 2. The molecule has 0 aromatic heterocycles. The van der Waals surface area contributed by atoms with E-state index in [4.69, 9.17) is 0 Å². The molecule has 0 fully saturated rings. The fourth-order valence-electron chi connectivity index (χ4n) is 4.26. The first-order valence-electron chi connectivity index (χ1n) is 12.2. The van der Waals surface area contributed by atoms with Crippen molar-refractivity contribution in [2.45, 2.75) is 109 Å². The van der Waals surface area contributed by atoms with Crippen LogP contribution in [0.15, 0.2) is 36.4 Å². The number of rotatable bonds is 16. The Balaban J connectivity index is 1.48. The Bertz CT molecular complexity index is 654. The molecule has 30 heavy (non-hydrogen) atoms. The van der Waals surface area contributed by atoms with E-state index in [1.807, 2.05) is 6.08 Å². The van der Waals surface area contributed by atoms with E-state index in [2.05, 4.69) is 6.92 Å². The van der Waals surface area contributed by atoms with Crippen molar-refractivity contribution in [3.05, 3.63) is 47.5 Å². The van der Waals surface area contributed by atoms with Crippen molar-refractivity contribution >= 4 is 11.6 Å². The molecule has 1 aliphatic rings. The van der Waals surface area contributed by atoms with Gasteiger partial charge in [-0.05, 0) is 12.8 Å². The van der Waals surface area contributed by atoms with Gasteiger partial charge in [0.25, 0.3) is 0 Å². The van der Waals surface area contributed by atoms with Crippen LogP contribution in [-0.2, 0) is 0 Å². The second kappa shape index (κ2) is 13.5. The first-order valence-corrected chi connectivity index (χ1v) is 12.2. The van der Waals surface area contributed by atoms with Gasteiger partial charge in [-0.15, -0.1) is 0 Å². The van der Waals surface area contributed by atoms with Crippen LogP contribution in [0.4, 0.5) is 0 Å². The third kappa shape index (κ3) is 7.19. The molecule has 0 bridgehead atoms. The number of carbonyl (C=O) groups excluding carboxylic acids is 2. The van der Waals surface area contributed by atoms with Crippen molar-refractivity contribution in [3.63, 3.8) is 0 Å². The van der Waals surface area contributed by atoms with Gasteiger partial charge in [-0.2, -0.15) is 0 Å². The molecule has 1 N–H and O–H groups in total. The smallest absolute Gasteiger partial charge is 0.203 e. The molecule has 0 heterocycles. The predicted molar refractivity (Wildman–Crippen MR) is 124 cm³/mol. The fraction of sp³-hybridized carbons (Fsp3) is 0.630. The number of fused-ring (bicyclic) bond motifs is 1. The van der Waals surface area contributed by atoms with Crippen molar-refractivity contribution in [3.8, 4) is 0 Å². The number of allylic oxidation sites excluding steroid dienone is 1. The highest BCUT2D eigenvalue weighted by Crippen LogP contribution is 2.32. The molecular weight excluding hydrogens is 372 g/mol. The molecule has 1 aromatic carbocycles. The summed E-state index contributed by atoms with van der Waals surface area (Å²) in [6.07, 6.45) is 22.2. The van der Waals surface area contributed by atoms with E-state index in [0.717, 1.165) is 12.8 Å². The lowest BCUT2D eigenvalue weighted by Gasteiger charge is -2.16. The first kappa shape index (κ1) is 24.5. The third-order valence-corrected chi connectivity index (χ3v) is 6.22. The Morgan fingerprint density at radius 3 is 1.60 bits per heavy atom. The molecular formula is C27H40O3. The van der Waals surface area contributed by atoms with Crippen LogP contribution in [0.3, 0.4) is 0 Å². The van der Waals surface area contributed by atoms with E-state index >= 15 is 0 Å². The van der Waals surface area contributed by atoms with E-state index in [-0.39, 0.29) is 6.42 Å². The zero-order valence-corrected chi connectivity index (χ0v) is 18.8. The molecule has 0 aliphatic heterocycles. The van der Waals surface area contributed by atoms with Crippen LogP contribution in [0.5, 0.6) is 0 Å². The normalized spacial score (nSPS) is 15.3.